The van der Waals surface area contributed by atoms with Gasteiger partial charge in [0.2, 0.25) is 0 Å². The van der Waals surface area contributed by atoms with Gasteiger partial charge in [0.05, 0.1) is 9.36 Å². The Kier molecular flexibility index (Phi) is 3.82. The van der Waals surface area contributed by atoms with Gasteiger partial charge in [0.25, 0.3) is 0 Å². The molecular formula is C11H10Cl2N2S. The standard InChI is InChI=1S/C11H10Cl2N2S/c12-8-6-15-4-3-7(8)5-9(14)10-1-2-11(13)16-10/h1-4,6,9H,5,14H2. The Labute approximate surface area is 108 Å². The molecule has 0 aliphatic carbocycles. The number of hydrogen-bond donors (Lipinski definition) is 1. The van der Waals surface area contributed by atoms with Crippen LogP contribution in [-0.4, -0.2) is 4.98 Å². The number of hydrogen-bond acceptors (Lipinski definition) is 3. The van der Waals surface area contributed by atoms with E-state index in [-0.39, 0.29) is 6.04 Å². The smallest absolute Gasteiger partial charge is 0.0931 e. The number of pyridine rings is 1. The topological polar surface area (TPSA) is 38.9 Å². The zero-order chi connectivity index (χ0) is 11.5. The van der Waals surface area contributed by atoms with E-state index in [1.807, 2.05) is 18.2 Å². The average molecular weight is 273 g/mol. The normalized spacial score (nSPS) is 12.7. The van der Waals surface area contributed by atoms with Crippen LogP contribution in [-0.2, 0) is 6.42 Å². The van der Waals surface area contributed by atoms with Crippen LogP contribution in [0.1, 0.15) is 16.5 Å². The molecule has 2 N–H and O–H groups in total. The van der Waals surface area contributed by atoms with Crippen LogP contribution in [0.25, 0.3) is 0 Å². The molecule has 5 heteroatoms. The van der Waals surface area contributed by atoms with Crippen molar-refractivity contribution in [3.05, 3.63) is 50.4 Å². The van der Waals surface area contributed by atoms with Crippen LogP contribution in [0.4, 0.5) is 0 Å². The lowest BCUT2D eigenvalue weighted by molar-refractivity contribution is 0.736. The third kappa shape index (κ3) is 2.74. The Morgan fingerprint density at radius 1 is 1.31 bits per heavy atom. The van der Waals surface area contributed by atoms with Crippen molar-refractivity contribution >= 4 is 34.5 Å². The monoisotopic (exact) mass is 272 g/mol. The summed E-state index contributed by atoms with van der Waals surface area (Å²) in [5, 5.41) is 0.653. The van der Waals surface area contributed by atoms with Crippen LogP contribution < -0.4 is 5.73 Å². The summed E-state index contributed by atoms with van der Waals surface area (Å²) in [5.41, 5.74) is 7.09. The number of rotatable bonds is 3. The van der Waals surface area contributed by atoms with Crippen molar-refractivity contribution in [2.45, 2.75) is 12.5 Å². The SMILES string of the molecule is NC(Cc1ccncc1Cl)c1ccc(Cl)s1. The minimum absolute atomic E-state index is 0.0719. The van der Waals surface area contributed by atoms with Crippen molar-refractivity contribution in [2.24, 2.45) is 5.73 Å². The Hall–Kier alpha value is -0.610. The van der Waals surface area contributed by atoms with Gasteiger partial charge < -0.3 is 5.73 Å². The predicted molar refractivity (Wildman–Crippen MR) is 69.2 cm³/mol. The van der Waals surface area contributed by atoms with E-state index < -0.39 is 0 Å². The lowest BCUT2D eigenvalue weighted by atomic mass is 10.1. The number of thiophene rings is 1. The van der Waals surface area contributed by atoms with Crippen molar-refractivity contribution in [2.75, 3.05) is 0 Å². The molecule has 84 valence electrons. The second-order valence-electron chi connectivity index (χ2n) is 3.42. The van der Waals surface area contributed by atoms with Gasteiger partial charge in [0.1, 0.15) is 0 Å². The zero-order valence-corrected chi connectivity index (χ0v) is 10.7. The maximum atomic E-state index is 6.08. The first-order chi connectivity index (χ1) is 7.66. The number of halogens is 2. The molecule has 0 spiro atoms. The molecule has 2 heterocycles. The van der Waals surface area contributed by atoms with E-state index in [9.17, 15) is 0 Å². The number of nitrogens with two attached hydrogens (primary N) is 1. The maximum Gasteiger partial charge on any atom is 0.0931 e. The maximum absolute atomic E-state index is 6.08. The Morgan fingerprint density at radius 2 is 2.12 bits per heavy atom. The summed E-state index contributed by atoms with van der Waals surface area (Å²) < 4.78 is 0.756. The lowest BCUT2D eigenvalue weighted by Crippen LogP contribution is -2.12. The first kappa shape index (κ1) is 11.9. The molecule has 0 aliphatic heterocycles. The van der Waals surface area contributed by atoms with Gasteiger partial charge in [-0.25, -0.2) is 0 Å². The van der Waals surface area contributed by atoms with Crippen LogP contribution in [0.15, 0.2) is 30.6 Å². The highest BCUT2D eigenvalue weighted by molar-refractivity contribution is 7.16. The molecule has 0 amide bonds. The first-order valence-corrected chi connectivity index (χ1v) is 6.33. The van der Waals surface area contributed by atoms with Gasteiger partial charge in [-0.2, -0.15) is 0 Å². The molecule has 0 radical (unpaired) electrons. The highest BCUT2D eigenvalue weighted by atomic mass is 35.5. The summed E-state index contributed by atoms with van der Waals surface area (Å²) >= 11 is 13.4. The third-order valence-electron chi connectivity index (χ3n) is 2.26. The molecule has 0 aliphatic rings. The van der Waals surface area contributed by atoms with Gasteiger partial charge in [-0.1, -0.05) is 23.2 Å². The summed E-state index contributed by atoms with van der Waals surface area (Å²) in [6.07, 6.45) is 4.04. The van der Waals surface area contributed by atoms with Crippen LogP contribution in [0.5, 0.6) is 0 Å². The summed E-state index contributed by atoms with van der Waals surface area (Å²) in [4.78, 5) is 5.01. The summed E-state index contributed by atoms with van der Waals surface area (Å²) in [6, 6.07) is 5.62. The van der Waals surface area contributed by atoms with E-state index in [0.717, 1.165) is 14.8 Å². The number of nitrogens with zero attached hydrogens (tertiary/aromatic N) is 1. The molecular weight excluding hydrogens is 263 g/mol. The van der Waals surface area contributed by atoms with Gasteiger partial charge >= 0.3 is 0 Å². The minimum Gasteiger partial charge on any atom is -0.323 e. The fourth-order valence-electron chi connectivity index (χ4n) is 1.43. The molecule has 0 saturated carbocycles. The molecule has 0 aromatic carbocycles. The van der Waals surface area contributed by atoms with E-state index in [4.69, 9.17) is 28.9 Å². The van der Waals surface area contributed by atoms with Crippen LogP contribution in [0.3, 0.4) is 0 Å². The highest BCUT2D eigenvalue weighted by Crippen LogP contribution is 2.28. The van der Waals surface area contributed by atoms with Crippen molar-refractivity contribution < 1.29 is 0 Å². The Balaban J connectivity index is 2.13. The fourth-order valence-corrected chi connectivity index (χ4v) is 2.69. The third-order valence-corrected chi connectivity index (χ3v) is 3.96. The molecule has 2 nitrogen and oxygen atoms in total. The molecule has 1 atom stereocenters. The van der Waals surface area contributed by atoms with Crippen LogP contribution >= 0.6 is 34.5 Å². The summed E-state index contributed by atoms with van der Waals surface area (Å²) in [6.45, 7) is 0. The molecule has 2 rings (SSSR count). The fraction of sp³-hybridized carbons (Fsp3) is 0.182. The Morgan fingerprint density at radius 3 is 2.75 bits per heavy atom. The van der Waals surface area contributed by atoms with E-state index >= 15 is 0 Å². The molecule has 0 fully saturated rings. The van der Waals surface area contributed by atoms with E-state index in [1.165, 1.54) is 11.3 Å². The second-order valence-corrected chi connectivity index (χ2v) is 5.57. The quantitative estimate of drug-likeness (QED) is 0.926. The van der Waals surface area contributed by atoms with E-state index in [1.54, 1.807) is 12.4 Å². The van der Waals surface area contributed by atoms with Crippen LogP contribution in [0.2, 0.25) is 9.36 Å². The molecule has 0 bridgehead atoms. The van der Waals surface area contributed by atoms with E-state index in [0.29, 0.717) is 11.4 Å². The molecule has 2 aromatic rings. The molecule has 16 heavy (non-hydrogen) atoms. The molecule has 1 unspecified atom stereocenters. The summed E-state index contributed by atoms with van der Waals surface area (Å²) in [5.74, 6) is 0. The first-order valence-electron chi connectivity index (χ1n) is 4.76. The zero-order valence-electron chi connectivity index (χ0n) is 8.36. The van der Waals surface area contributed by atoms with Gasteiger partial charge in [0, 0.05) is 23.3 Å². The van der Waals surface area contributed by atoms with Crippen molar-refractivity contribution in [3.63, 3.8) is 0 Å². The molecule has 2 aromatic heterocycles. The number of aromatic nitrogens is 1. The van der Waals surface area contributed by atoms with Crippen molar-refractivity contribution in [1.29, 1.82) is 0 Å². The van der Waals surface area contributed by atoms with Crippen molar-refractivity contribution in [3.8, 4) is 0 Å². The second kappa shape index (κ2) is 5.15. The lowest BCUT2D eigenvalue weighted by Gasteiger charge is -2.10. The predicted octanol–water partition coefficient (Wildman–Crippen LogP) is 3.69. The minimum atomic E-state index is -0.0719. The van der Waals surface area contributed by atoms with Gasteiger partial charge in [-0.05, 0) is 30.2 Å². The van der Waals surface area contributed by atoms with Gasteiger partial charge in [-0.3, -0.25) is 4.98 Å². The average Bonchev–Trinajstić information content (AvgIpc) is 2.68. The van der Waals surface area contributed by atoms with Crippen molar-refractivity contribution in [1.82, 2.24) is 4.98 Å². The summed E-state index contributed by atoms with van der Waals surface area (Å²) in [7, 11) is 0. The van der Waals surface area contributed by atoms with Crippen LogP contribution in [0, 0.1) is 0 Å². The highest BCUT2D eigenvalue weighted by Gasteiger charge is 2.11. The van der Waals surface area contributed by atoms with Gasteiger partial charge in [0.15, 0.2) is 0 Å². The molecule has 0 saturated heterocycles. The largest absolute Gasteiger partial charge is 0.323 e. The Bertz CT molecular complexity index is 484. The van der Waals surface area contributed by atoms with Gasteiger partial charge in [-0.15, -0.1) is 11.3 Å². The van der Waals surface area contributed by atoms with E-state index in [2.05, 4.69) is 4.98 Å².